The first kappa shape index (κ1) is 55.1. The summed E-state index contributed by atoms with van der Waals surface area (Å²) in [5, 5.41) is 11.6. The van der Waals surface area contributed by atoms with Crippen molar-refractivity contribution in [2.45, 2.75) is 208 Å². The van der Waals surface area contributed by atoms with E-state index >= 15 is 0 Å². The molecule has 0 fully saturated rings. The van der Waals surface area contributed by atoms with Crippen LogP contribution < -0.4 is 30.7 Å². The van der Waals surface area contributed by atoms with Gasteiger partial charge in [0.2, 0.25) is 11.8 Å². The van der Waals surface area contributed by atoms with Gasteiger partial charge >= 0.3 is 0 Å². The number of rotatable bonds is 39. The van der Waals surface area contributed by atoms with Crippen molar-refractivity contribution in [1.82, 2.24) is 10.6 Å². The van der Waals surface area contributed by atoms with Gasteiger partial charge in [0.25, 0.3) is 11.8 Å². The van der Waals surface area contributed by atoms with Gasteiger partial charge < -0.3 is 30.7 Å². The third-order valence-corrected chi connectivity index (χ3v) is 11.8. The Labute approximate surface area is 383 Å². The Balaban J connectivity index is 2.06. The van der Waals surface area contributed by atoms with E-state index in [-0.39, 0.29) is 23.9 Å². The summed E-state index contributed by atoms with van der Waals surface area (Å²) in [6.45, 7) is 12.1. The maximum Gasteiger partial charge on any atom is 0.255 e. The molecule has 0 aliphatic rings. The second kappa shape index (κ2) is 36.3. The number of ether oxygens (including phenoxy) is 2. The number of nitrogens with one attached hydrogen (secondary N) is 4. The summed E-state index contributed by atoms with van der Waals surface area (Å²) in [7, 11) is 0. The molecule has 0 bridgehead atoms. The van der Waals surface area contributed by atoms with Gasteiger partial charge in [0.1, 0.15) is 11.5 Å². The quantitative estimate of drug-likeness (QED) is 0.0494. The standard InChI is InChI=1S/C53H88N4O6/c1-6-11-15-17-19-21-23-25-27-29-37-62-48-36-34-45(40-46(48)52(60)54-41-43(10-5)31-13-8-3)57-51(59)42-55-53(61)47-39-44(56-50(58)32-14-9-4)33-35-49(47)63-38-30-28-26-24-22-20-18-16-12-7-2/h33-36,39-40,43H,6-32,37-38,41-42H2,1-5H3,(H,54,60)(H,55,61)(H,56,58)(H,57,59). The molecule has 356 valence electrons. The third-order valence-electron chi connectivity index (χ3n) is 11.8. The summed E-state index contributed by atoms with van der Waals surface area (Å²) in [6, 6.07) is 10.2. The zero-order valence-corrected chi connectivity index (χ0v) is 40.4. The first-order valence-corrected chi connectivity index (χ1v) is 25.5. The average Bonchev–Trinajstić information content (AvgIpc) is 3.29. The normalized spacial score (nSPS) is 11.5. The van der Waals surface area contributed by atoms with Crippen molar-refractivity contribution in [3.8, 4) is 11.5 Å². The first-order valence-electron chi connectivity index (χ1n) is 25.5. The number of anilines is 2. The van der Waals surface area contributed by atoms with Crippen molar-refractivity contribution < 1.29 is 28.7 Å². The Morgan fingerprint density at radius 3 is 1.33 bits per heavy atom. The van der Waals surface area contributed by atoms with E-state index < -0.39 is 11.8 Å². The topological polar surface area (TPSA) is 135 Å². The molecule has 0 heterocycles. The zero-order valence-electron chi connectivity index (χ0n) is 40.4. The number of benzene rings is 2. The lowest BCUT2D eigenvalue weighted by atomic mass is 9.99. The molecule has 0 aliphatic carbocycles. The summed E-state index contributed by atoms with van der Waals surface area (Å²) in [5.41, 5.74) is 1.54. The number of hydrogen-bond donors (Lipinski definition) is 4. The smallest absolute Gasteiger partial charge is 0.255 e. The van der Waals surface area contributed by atoms with E-state index in [1.165, 1.54) is 96.3 Å². The number of carbonyl (C=O) groups excluding carboxylic acids is 4. The predicted molar refractivity (Wildman–Crippen MR) is 262 cm³/mol. The minimum Gasteiger partial charge on any atom is -0.493 e. The second-order valence-corrected chi connectivity index (χ2v) is 17.5. The fourth-order valence-corrected chi connectivity index (χ4v) is 7.66. The van der Waals surface area contributed by atoms with Gasteiger partial charge in [-0.2, -0.15) is 0 Å². The van der Waals surface area contributed by atoms with Crippen LogP contribution in [0.1, 0.15) is 229 Å². The van der Waals surface area contributed by atoms with Gasteiger partial charge in [-0.05, 0) is 68.0 Å². The Morgan fingerprint density at radius 1 is 0.476 bits per heavy atom. The lowest BCUT2D eigenvalue weighted by Crippen LogP contribution is -2.33. The average molecular weight is 877 g/mol. The fourth-order valence-electron chi connectivity index (χ4n) is 7.66. The van der Waals surface area contributed by atoms with Crippen LogP contribution in [0.25, 0.3) is 0 Å². The molecule has 4 N–H and O–H groups in total. The highest BCUT2D eigenvalue weighted by atomic mass is 16.5. The SMILES string of the molecule is CCCCCCCCCCCCOc1ccc(NC(=O)CCCC)cc1C(=O)NCC(=O)Nc1ccc(OCCCCCCCCCCCC)c(C(=O)NCC(CC)CCCC)c1. The van der Waals surface area contributed by atoms with Crippen molar-refractivity contribution in [2.75, 3.05) is 36.9 Å². The van der Waals surface area contributed by atoms with E-state index in [2.05, 4.69) is 49.0 Å². The van der Waals surface area contributed by atoms with E-state index in [0.29, 0.717) is 60.5 Å². The molecular weight excluding hydrogens is 789 g/mol. The highest BCUT2D eigenvalue weighted by Gasteiger charge is 2.19. The molecule has 0 aliphatic heterocycles. The van der Waals surface area contributed by atoms with Crippen LogP contribution in [0.2, 0.25) is 0 Å². The molecule has 1 unspecified atom stereocenters. The van der Waals surface area contributed by atoms with Gasteiger partial charge in [-0.25, -0.2) is 0 Å². The van der Waals surface area contributed by atoms with Crippen molar-refractivity contribution >= 4 is 35.0 Å². The highest BCUT2D eigenvalue weighted by molar-refractivity contribution is 6.03. The number of unbranched alkanes of at least 4 members (excludes halogenated alkanes) is 20. The molecule has 4 amide bonds. The molecule has 0 radical (unpaired) electrons. The lowest BCUT2D eigenvalue weighted by molar-refractivity contribution is -0.116. The van der Waals surface area contributed by atoms with Crippen LogP contribution in [0, 0.1) is 5.92 Å². The Kier molecular flexibility index (Phi) is 31.7. The number of hydrogen-bond acceptors (Lipinski definition) is 6. The largest absolute Gasteiger partial charge is 0.493 e. The molecule has 0 saturated heterocycles. The van der Waals surface area contributed by atoms with Crippen molar-refractivity contribution in [3.05, 3.63) is 47.5 Å². The Bertz CT molecular complexity index is 1550. The van der Waals surface area contributed by atoms with E-state index in [4.69, 9.17) is 9.47 Å². The molecule has 2 rings (SSSR count). The van der Waals surface area contributed by atoms with Gasteiger partial charge in [0.05, 0.1) is 30.9 Å². The van der Waals surface area contributed by atoms with Crippen LogP contribution in [-0.2, 0) is 9.59 Å². The fraction of sp³-hybridized carbons (Fsp3) is 0.698. The van der Waals surface area contributed by atoms with E-state index in [0.717, 1.165) is 70.6 Å². The van der Waals surface area contributed by atoms with Crippen LogP contribution in [0.3, 0.4) is 0 Å². The van der Waals surface area contributed by atoms with Gasteiger partial charge in [-0.1, -0.05) is 176 Å². The summed E-state index contributed by atoms with van der Waals surface area (Å²) in [6.07, 6.45) is 30.7. The van der Waals surface area contributed by atoms with Gasteiger partial charge in [0, 0.05) is 24.3 Å². The summed E-state index contributed by atoms with van der Waals surface area (Å²) in [5.74, 6) is -0.0118. The van der Waals surface area contributed by atoms with Gasteiger partial charge in [-0.3, -0.25) is 19.2 Å². The summed E-state index contributed by atoms with van der Waals surface area (Å²) in [4.78, 5) is 53.1. The molecule has 0 aromatic heterocycles. The minimum atomic E-state index is -0.489. The molecular formula is C53H88N4O6. The predicted octanol–water partition coefficient (Wildman–Crippen LogP) is 13.7. The summed E-state index contributed by atoms with van der Waals surface area (Å²) >= 11 is 0. The van der Waals surface area contributed by atoms with E-state index in [9.17, 15) is 19.2 Å². The molecule has 2 aromatic carbocycles. The molecule has 0 spiro atoms. The van der Waals surface area contributed by atoms with Crippen LogP contribution in [0.4, 0.5) is 11.4 Å². The Morgan fingerprint density at radius 2 is 0.889 bits per heavy atom. The molecule has 63 heavy (non-hydrogen) atoms. The maximum absolute atomic E-state index is 13.6. The van der Waals surface area contributed by atoms with Crippen LogP contribution in [0.15, 0.2) is 36.4 Å². The molecule has 10 heteroatoms. The third kappa shape index (κ3) is 25.7. The van der Waals surface area contributed by atoms with Crippen molar-refractivity contribution in [3.63, 3.8) is 0 Å². The molecule has 1 atom stereocenters. The lowest BCUT2D eigenvalue weighted by Gasteiger charge is -2.17. The molecule has 0 saturated carbocycles. The van der Waals surface area contributed by atoms with Crippen LogP contribution in [0.5, 0.6) is 11.5 Å². The van der Waals surface area contributed by atoms with Crippen LogP contribution in [-0.4, -0.2) is 49.9 Å². The maximum atomic E-state index is 13.6. The summed E-state index contributed by atoms with van der Waals surface area (Å²) < 4.78 is 12.3. The second-order valence-electron chi connectivity index (χ2n) is 17.5. The Hall–Kier alpha value is -4.08. The molecule has 2 aromatic rings. The van der Waals surface area contributed by atoms with Crippen molar-refractivity contribution in [2.24, 2.45) is 5.92 Å². The van der Waals surface area contributed by atoms with E-state index in [1.807, 2.05) is 6.92 Å². The van der Waals surface area contributed by atoms with Crippen molar-refractivity contribution in [1.29, 1.82) is 0 Å². The molecule has 10 nitrogen and oxygen atoms in total. The van der Waals surface area contributed by atoms with E-state index in [1.54, 1.807) is 36.4 Å². The van der Waals surface area contributed by atoms with Crippen LogP contribution >= 0.6 is 0 Å². The zero-order chi connectivity index (χ0) is 45.8. The highest BCUT2D eigenvalue weighted by Crippen LogP contribution is 2.26. The van der Waals surface area contributed by atoms with Gasteiger partial charge in [0.15, 0.2) is 0 Å². The number of amides is 4. The van der Waals surface area contributed by atoms with Gasteiger partial charge in [-0.15, -0.1) is 0 Å². The first-order chi connectivity index (χ1) is 30.8. The number of carbonyl (C=O) groups is 4. The monoisotopic (exact) mass is 877 g/mol. The minimum absolute atomic E-state index is 0.119.